The van der Waals surface area contributed by atoms with E-state index in [1.807, 2.05) is 0 Å². The highest BCUT2D eigenvalue weighted by atomic mass is 19.1. The van der Waals surface area contributed by atoms with Gasteiger partial charge in [-0.3, -0.25) is 4.99 Å². The summed E-state index contributed by atoms with van der Waals surface area (Å²) in [4.78, 5) is 12.1. The van der Waals surface area contributed by atoms with Gasteiger partial charge >= 0.3 is 0 Å². The first-order chi connectivity index (χ1) is 11.0. The molecule has 1 aliphatic heterocycles. The van der Waals surface area contributed by atoms with E-state index in [-0.39, 0.29) is 18.0 Å². The van der Waals surface area contributed by atoms with Gasteiger partial charge in [-0.05, 0) is 31.2 Å². The number of halogens is 2. The van der Waals surface area contributed by atoms with Gasteiger partial charge in [0.15, 0.2) is 0 Å². The van der Waals surface area contributed by atoms with Crippen molar-refractivity contribution >= 4 is 17.5 Å². The summed E-state index contributed by atoms with van der Waals surface area (Å²) in [5.74, 6) is -0.141. The standard InChI is InChI=1S/C15H15F2N5O/c1-15(13(17)23-8-12(18)22-15)10-7-9(3-4-11(10)16)21-14-19-5-2-6-20-14/h2-7,13H,8H2,1H3,(H2,18,22)(H,19,20,21)/t13-,15+/m0/s1. The molecule has 3 rings (SSSR count). The molecule has 6 nitrogen and oxygen atoms in total. The zero-order valence-corrected chi connectivity index (χ0v) is 12.3. The molecule has 2 atom stereocenters. The Bertz CT molecular complexity index is 740. The number of alkyl halides is 1. The lowest BCUT2D eigenvalue weighted by Crippen LogP contribution is -2.43. The van der Waals surface area contributed by atoms with Crippen LogP contribution in [-0.4, -0.2) is 28.8 Å². The van der Waals surface area contributed by atoms with Crippen LogP contribution in [0.5, 0.6) is 0 Å². The highest BCUT2D eigenvalue weighted by Crippen LogP contribution is 2.37. The van der Waals surface area contributed by atoms with Gasteiger partial charge in [0.2, 0.25) is 12.3 Å². The van der Waals surface area contributed by atoms with Crippen LogP contribution in [0.1, 0.15) is 12.5 Å². The van der Waals surface area contributed by atoms with Crippen LogP contribution in [0.2, 0.25) is 0 Å². The summed E-state index contributed by atoms with van der Waals surface area (Å²) >= 11 is 0. The van der Waals surface area contributed by atoms with Crippen molar-refractivity contribution in [3.8, 4) is 0 Å². The zero-order valence-electron chi connectivity index (χ0n) is 12.3. The Morgan fingerprint density at radius 3 is 2.83 bits per heavy atom. The first kappa shape index (κ1) is 15.3. The third kappa shape index (κ3) is 2.98. The van der Waals surface area contributed by atoms with E-state index in [9.17, 15) is 8.78 Å². The van der Waals surface area contributed by atoms with Crippen molar-refractivity contribution in [3.63, 3.8) is 0 Å². The van der Waals surface area contributed by atoms with Crippen LogP contribution >= 0.6 is 0 Å². The van der Waals surface area contributed by atoms with Gasteiger partial charge in [0, 0.05) is 23.6 Å². The lowest BCUT2D eigenvalue weighted by molar-refractivity contribution is -0.0805. The molecule has 120 valence electrons. The molecule has 0 aliphatic carbocycles. The fraction of sp³-hybridized carbons (Fsp3) is 0.267. The second kappa shape index (κ2) is 5.88. The molecule has 0 unspecified atom stereocenters. The number of anilines is 2. The maximum Gasteiger partial charge on any atom is 0.228 e. The molecule has 0 saturated carbocycles. The van der Waals surface area contributed by atoms with Crippen molar-refractivity contribution in [1.29, 1.82) is 0 Å². The van der Waals surface area contributed by atoms with Crippen LogP contribution in [-0.2, 0) is 10.3 Å². The lowest BCUT2D eigenvalue weighted by Gasteiger charge is -2.33. The smallest absolute Gasteiger partial charge is 0.228 e. The van der Waals surface area contributed by atoms with Crippen molar-refractivity contribution in [3.05, 3.63) is 48.0 Å². The summed E-state index contributed by atoms with van der Waals surface area (Å²) in [6.07, 6.45) is 1.34. The number of nitrogens with one attached hydrogen (secondary N) is 1. The van der Waals surface area contributed by atoms with Crippen molar-refractivity contribution in [2.45, 2.75) is 18.8 Å². The van der Waals surface area contributed by atoms with Crippen molar-refractivity contribution in [1.82, 2.24) is 9.97 Å². The summed E-state index contributed by atoms with van der Waals surface area (Å²) in [5.41, 5.74) is 4.60. The van der Waals surface area contributed by atoms with E-state index in [2.05, 4.69) is 20.3 Å². The first-order valence-electron chi connectivity index (χ1n) is 6.93. The molecule has 0 bridgehead atoms. The molecule has 2 aromatic rings. The van der Waals surface area contributed by atoms with Gasteiger partial charge in [-0.25, -0.2) is 18.7 Å². The molecule has 23 heavy (non-hydrogen) atoms. The Labute approximate surface area is 131 Å². The number of aliphatic imine (C=N–C) groups is 1. The number of nitrogens with two attached hydrogens (primary N) is 1. The van der Waals surface area contributed by atoms with Crippen LogP contribution in [0.3, 0.4) is 0 Å². The summed E-state index contributed by atoms with van der Waals surface area (Å²) in [5, 5.41) is 2.92. The molecule has 1 aromatic heterocycles. The minimum absolute atomic E-state index is 0.0357. The topological polar surface area (TPSA) is 85.4 Å². The summed E-state index contributed by atoms with van der Waals surface area (Å²) in [7, 11) is 0. The second-order valence-electron chi connectivity index (χ2n) is 5.27. The number of rotatable bonds is 3. The molecule has 3 N–H and O–H groups in total. The third-order valence-corrected chi connectivity index (χ3v) is 3.53. The number of hydrogen-bond donors (Lipinski definition) is 2. The molecule has 0 radical (unpaired) electrons. The van der Waals surface area contributed by atoms with Crippen LogP contribution in [0.4, 0.5) is 20.4 Å². The van der Waals surface area contributed by atoms with Gasteiger partial charge in [0.1, 0.15) is 23.8 Å². The number of nitrogens with zero attached hydrogens (tertiary/aromatic N) is 3. The molecule has 1 aromatic carbocycles. The van der Waals surface area contributed by atoms with Gasteiger partial charge in [0.05, 0.1) is 0 Å². The van der Waals surface area contributed by atoms with Crippen molar-refractivity contribution in [2.24, 2.45) is 10.7 Å². The van der Waals surface area contributed by atoms with E-state index >= 15 is 0 Å². The van der Waals surface area contributed by atoms with Crippen LogP contribution in [0.15, 0.2) is 41.7 Å². The fourth-order valence-corrected chi connectivity index (χ4v) is 2.37. The molecule has 8 heteroatoms. The molecule has 0 spiro atoms. The first-order valence-corrected chi connectivity index (χ1v) is 6.93. The van der Waals surface area contributed by atoms with Gasteiger partial charge < -0.3 is 15.8 Å². The SMILES string of the molecule is C[C@]1(c2cc(Nc3ncccn3)ccc2F)N=C(N)CO[C@@H]1F. The largest absolute Gasteiger partial charge is 0.385 e. The molecular formula is C15H15F2N5O. The predicted molar refractivity (Wildman–Crippen MR) is 81.5 cm³/mol. The number of benzene rings is 1. The monoisotopic (exact) mass is 319 g/mol. The number of ether oxygens (including phenoxy) is 1. The Balaban J connectivity index is 1.99. The average molecular weight is 319 g/mol. The fourth-order valence-electron chi connectivity index (χ4n) is 2.37. The zero-order chi connectivity index (χ0) is 16.4. The Morgan fingerprint density at radius 2 is 2.09 bits per heavy atom. The quantitative estimate of drug-likeness (QED) is 0.906. The van der Waals surface area contributed by atoms with E-state index in [4.69, 9.17) is 10.5 Å². The summed E-state index contributed by atoms with van der Waals surface area (Å²) in [6, 6.07) is 5.85. The molecule has 0 saturated heterocycles. The van der Waals surface area contributed by atoms with Gasteiger partial charge in [-0.1, -0.05) is 0 Å². The number of hydrogen-bond acceptors (Lipinski definition) is 6. The number of amidine groups is 1. The van der Waals surface area contributed by atoms with Gasteiger partial charge in [-0.15, -0.1) is 0 Å². The molecule has 2 heterocycles. The minimum atomic E-state index is -1.80. The summed E-state index contributed by atoms with van der Waals surface area (Å²) in [6.45, 7) is 1.32. The van der Waals surface area contributed by atoms with Crippen molar-refractivity contribution < 1.29 is 13.5 Å². The highest BCUT2D eigenvalue weighted by Gasteiger charge is 2.42. The van der Waals surface area contributed by atoms with Gasteiger partial charge in [-0.2, -0.15) is 0 Å². The Hall–Kier alpha value is -2.61. The third-order valence-electron chi connectivity index (χ3n) is 3.53. The maximum atomic E-state index is 14.2. The Morgan fingerprint density at radius 1 is 1.35 bits per heavy atom. The molecular weight excluding hydrogens is 304 g/mol. The van der Waals surface area contributed by atoms with E-state index < -0.39 is 17.7 Å². The van der Waals surface area contributed by atoms with Crippen molar-refractivity contribution in [2.75, 3.05) is 11.9 Å². The molecule has 0 amide bonds. The van der Waals surface area contributed by atoms with Crippen LogP contribution < -0.4 is 11.1 Å². The van der Waals surface area contributed by atoms with Gasteiger partial charge in [0.25, 0.3) is 0 Å². The molecule has 0 fully saturated rings. The maximum absolute atomic E-state index is 14.2. The van der Waals surface area contributed by atoms with Crippen LogP contribution in [0.25, 0.3) is 0 Å². The normalized spacial score (nSPS) is 24.1. The molecule has 1 aliphatic rings. The highest BCUT2D eigenvalue weighted by molar-refractivity contribution is 5.82. The van der Waals surface area contributed by atoms with E-state index in [1.54, 1.807) is 18.5 Å². The van der Waals surface area contributed by atoms with Crippen LogP contribution in [0, 0.1) is 5.82 Å². The number of aromatic nitrogens is 2. The minimum Gasteiger partial charge on any atom is -0.385 e. The second-order valence-corrected chi connectivity index (χ2v) is 5.27. The summed E-state index contributed by atoms with van der Waals surface area (Å²) < 4.78 is 33.4. The van der Waals surface area contributed by atoms with E-state index in [0.29, 0.717) is 11.6 Å². The average Bonchev–Trinajstić information content (AvgIpc) is 2.54. The predicted octanol–water partition coefficient (Wildman–Crippen LogP) is 2.26. The lowest BCUT2D eigenvalue weighted by atomic mass is 9.90. The Kier molecular flexibility index (Phi) is 3.91. The van der Waals surface area contributed by atoms with E-state index in [1.165, 1.54) is 25.1 Å². The van der Waals surface area contributed by atoms with E-state index in [0.717, 1.165) is 0 Å².